The minimum atomic E-state index is 0.145. The zero-order chi connectivity index (χ0) is 103. The van der Waals surface area contributed by atoms with Crippen LogP contribution in [0.5, 0.6) is 0 Å². The summed E-state index contributed by atoms with van der Waals surface area (Å²) in [4.78, 5) is 25.3. The van der Waals surface area contributed by atoms with Crippen molar-refractivity contribution in [3.8, 4) is 61.6 Å². The van der Waals surface area contributed by atoms with E-state index in [9.17, 15) is 0 Å². The summed E-state index contributed by atoms with van der Waals surface area (Å²) < 4.78 is 2.37. The SMILES string of the molecule is CC(C)(C)c1ccc(-c2cccc3ccccc23)cc1.CC(C)(C)c1ccc(-c2cccc3cnccc23)cc1.CC(C)(C)c1ccc(-c2ccccn2)cc1.CC(C)(C)c1ccc(-c2ccncn2)cc1.CC(C)(C)c1ccc2c3ccccc3n(-c3ccccc3)c2c1.CC(C)(C)c1ccc2cc3ccccc3cc2c1.CC(C)(C)c1cccc2ncccc12.Cc1cncc(-c2ccc(C(C)(C)C)cc2)c1. The minimum absolute atomic E-state index is 0.145. The standard InChI is InChI=1S/C22H21N.C20H20.C19H19N.C18H18.C16H19N.C15H17N.C14H16N2.C13H15N/c1-22(2,3)16-13-14-19-18-11-7-8-12-20(18)23(21(19)15-16)17-9-5-4-6-10-17;1-20(2,3)17-13-11-16(12-14-17)19-10-6-8-15-7-4-5-9-18(15)19;1-19(2,3)16-9-7-14(8-10-16)17-6-4-5-15-13-20-12-11-18(15)17;1-18(2,3)17-9-8-15-10-13-6-4-5-7-14(13)11-16(15)12-17;1-12-9-14(11-17-10-12)13-5-7-15(8-6-13)16(2,3)4;1-15(2,3)13-9-7-12(8-10-13)14-6-4-5-11-16-14;1-14(2,3)12-6-4-11(5-7-12)13-8-9-15-10-16-13;1-13(2,3)11-7-4-8-12-10(11)6-5-9-14-12/h4-15H,1-3H3;4-14H,1-3H3;4-13H,1-3H3;4-12H,1-3H3;5-11H,1-4H3;4-11H,1-3H3;4-10H,1-3H3;4-9H,1-3H3. The summed E-state index contributed by atoms with van der Waals surface area (Å²) >= 11 is 0. The molecule has 7 nitrogen and oxygen atoms in total. The van der Waals surface area contributed by atoms with Gasteiger partial charge in [0.2, 0.25) is 0 Å². The van der Waals surface area contributed by atoms with Gasteiger partial charge in [-0.1, -0.05) is 463 Å². The molecule has 21 aromatic rings. The van der Waals surface area contributed by atoms with Gasteiger partial charge >= 0.3 is 0 Å². The number of aromatic nitrogens is 7. The van der Waals surface area contributed by atoms with E-state index in [1.807, 2.05) is 67.5 Å². The lowest BCUT2D eigenvalue weighted by Gasteiger charge is -2.20. The number of benzene rings is 15. The third-order valence-electron chi connectivity index (χ3n) is 26.5. The van der Waals surface area contributed by atoms with Gasteiger partial charge in [0.15, 0.2) is 0 Å². The topological polar surface area (TPSA) is 82.3 Å². The van der Waals surface area contributed by atoms with Gasteiger partial charge < -0.3 is 4.57 Å². The van der Waals surface area contributed by atoms with Crippen molar-refractivity contribution in [3.05, 3.63) is 476 Å². The van der Waals surface area contributed by atoms with E-state index in [2.05, 4.69) is 553 Å². The molecule has 0 aliphatic carbocycles. The molecular formula is C137H145N7. The van der Waals surface area contributed by atoms with Gasteiger partial charge in [0, 0.05) is 87.3 Å². The number of para-hydroxylation sites is 2. The van der Waals surface area contributed by atoms with Crippen molar-refractivity contribution in [1.29, 1.82) is 0 Å². The Kier molecular flexibility index (Phi) is 32.9. The van der Waals surface area contributed by atoms with Crippen molar-refractivity contribution < 1.29 is 0 Å². The zero-order valence-electron chi connectivity index (χ0n) is 89.5. The lowest BCUT2D eigenvalue weighted by Crippen LogP contribution is -2.11. The average Bonchev–Trinajstić information content (AvgIpc) is 1.59. The summed E-state index contributed by atoms with van der Waals surface area (Å²) in [6.07, 6.45) is 14.6. The highest BCUT2D eigenvalue weighted by Gasteiger charge is 2.23. The number of rotatable bonds is 6. The summed E-state index contributed by atoms with van der Waals surface area (Å²) in [7, 11) is 0. The van der Waals surface area contributed by atoms with E-state index in [1.165, 1.54) is 165 Å². The second-order valence-corrected chi connectivity index (χ2v) is 45.9. The molecule has 6 heterocycles. The third kappa shape index (κ3) is 27.3. The Hall–Kier alpha value is -14.9. The first-order chi connectivity index (χ1) is 68.4. The van der Waals surface area contributed by atoms with Crippen LogP contribution < -0.4 is 0 Å². The molecule has 21 rings (SSSR count). The molecule has 6 aromatic heterocycles. The molecule has 0 N–H and O–H groups in total. The second kappa shape index (κ2) is 45.1. The molecular weight excluding hydrogens is 1740 g/mol. The Bertz CT molecular complexity index is 7560. The third-order valence-corrected chi connectivity index (χ3v) is 26.5. The predicted molar refractivity (Wildman–Crippen MR) is 622 cm³/mol. The maximum absolute atomic E-state index is 4.36. The fraction of sp³-hybridized carbons (Fsp3) is 0.241. The highest BCUT2D eigenvalue weighted by atomic mass is 15.0. The average molecular weight is 1890 g/mol. The number of hydrogen-bond acceptors (Lipinski definition) is 6. The van der Waals surface area contributed by atoms with E-state index in [-0.39, 0.29) is 43.3 Å². The van der Waals surface area contributed by atoms with Crippen LogP contribution in [-0.2, 0) is 43.3 Å². The van der Waals surface area contributed by atoms with E-state index in [0.29, 0.717) is 0 Å². The first-order valence-electron chi connectivity index (χ1n) is 50.7. The summed E-state index contributed by atoms with van der Waals surface area (Å²) in [6.45, 7) is 55.8. The molecule has 7 heteroatoms. The van der Waals surface area contributed by atoms with E-state index in [4.69, 9.17) is 0 Å². The smallest absolute Gasteiger partial charge is 0.116 e. The molecule has 728 valence electrons. The van der Waals surface area contributed by atoms with Gasteiger partial charge in [-0.15, -0.1) is 0 Å². The van der Waals surface area contributed by atoms with E-state index in [1.54, 1.807) is 12.5 Å². The first-order valence-corrected chi connectivity index (χ1v) is 50.7. The molecule has 0 saturated heterocycles. The molecule has 144 heavy (non-hydrogen) atoms. The molecule has 0 bridgehead atoms. The van der Waals surface area contributed by atoms with Crippen LogP contribution in [0.15, 0.2) is 426 Å². The molecule has 0 unspecified atom stereocenters. The van der Waals surface area contributed by atoms with Crippen molar-refractivity contribution >= 4 is 75.8 Å². The van der Waals surface area contributed by atoms with Gasteiger partial charge in [-0.2, -0.15) is 0 Å². The van der Waals surface area contributed by atoms with Crippen molar-refractivity contribution in [2.45, 2.75) is 216 Å². The largest absolute Gasteiger partial charge is 0.309 e. The summed E-state index contributed by atoms with van der Waals surface area (Å²) in [5.41, 5.74) is 30.4. The highest BCUT2D eigenvalue weighted by Crippen LogP contribution is 2.40. The Morgan fingerprint density at radius 3 is 1.12 bits per heavy atom. The lowest BCUT2D eigenvalue weighted by molar-refractivity contribution is 0.590. The van der Waals surface area contributed by atoms with Gasteiger partial charge in [-0.05, 0) is 245 Å². The van der Waals surface area contributed by atoms with E-state index < -0.39 is 0 Å². The van der Waals surface area contributed by atoms with Gasteiger partial charge in [-0.25, -0.2) is 9.97 Å². The van der Waals surface area contributed by atoms with Gasteiger partial charge in [0.25, 0.3) is 0 Å². The predicted octanol–water partition coefficient (Wildman–Crippen LogP) is 37.7. The number of nitrogens with zero attached hydrogens (tertiary/aromatic N) is 7. The first kappa shape index (κ1) is 105. The Labute approximate surface area is 858 Å². The Morgan fingerprint density at radius 1 is 0.201 bits per heavy atom. The van der Waals surface area contributed by atoms with Crippen molar-refractivity contribution in [2.24, 2.45) is 0 Å². The van der Waals surface area contributed by atoms with Gasteiger partial charge in [-0.3, -0.25) is 19.9 Å². The molecule has 0 saturated carbocycles. The summed E-state index contributed by atoms with van der Waals surface area (Å²) in [5, 5.41) is 14.2. The van der Waals surface area contributed by atoms with Crippen LogP contribution in [0.3, 0.4) is 0 Å². The summed E-state index contributed by atoms with van der Waals surface area (Å²) in [5.74, 6) is 0. The van der Waals surface area contributed by atoms with Crippen LogP contribution in [-0.4, -0.2) is 34.5 Å². The van der Waals surface area contributed by atoms with Crippen LogP contribution >= 0.6 is 0 Å². The van der Waals surface area contributed by atoms with Crippen LogP contribution in [0.4, 0.5) is 0 Å². The molecule has 0 spiro atoms. The van der Waals surface area contributed by atoms with Crippen molar-refractivity contribution in [2.75, 3.05) is 0 Å². The van der Waals surface area contributed by atoms with E-state index in [0.717, 1.165) is 22.5 Å². The normalized spacial score (nSPS) is 11.8. The van der Waals surface area contributed by atoms with Gasteiger partial charge in [0.1, 0.15) is 6.33 Å². The quantitative estimate of drug-likeness (QED) is 0.154. The maximum atomic E-state index is 4.36. The molecule has 0 fully saturated rings. The Balaban J connectivity index is 0.000000131. The molecule has 0 amide bonds. The second-order valence-electron chi connectivity index (χ2n) is 45.9. The zero-order valence-corrected chi connectivity index (χ0v) is 89.5. The molecule has 0 aliphatic rings. The lowest BCUT2D eigenvalue weighted by atomic mass is 9.84. The number of hydrogen-bond donors (Lipinski definition) is 0. The molecule has 0 atom stereocenters. The van der Waals surface area contributed by atoms with Crippen LogP contribution in [0.2, 0.25) is 0 Å². The highest BCUT2D eigenvalue weighted by molar-refractivity contribution is 6.09. The molecule has 0 aliphatic heterocycles. The van der Waals surface area contributed by atoms with Crippen LogP contribution in [0.1, 0.15) is 216 Å². The summed E-state index contributed by atoms with van der Waals surface area (Å²) in [6, 6.07) is 134. The monoisotopic (exact) mass is 1890 g/mol. The number of pyridine rings is 4. The number of aryl methyl sites for hydroxylation is 1. The van der Waals surface area contributed by atoms with E-state index >= 15 is 0 Å². The maximum Gasteiger partial charge on any atom is 0.116 e. The van der Waals surface area contributed by atoms with Crippen LogP contribution in [0, 0.1) is 6.92 Å². The fourth-order valence-electron chi connectivity index (χ4n) is 17.8. The minimum Gasteiger partial charge on any atom is -0.309 e. The number of fused-ring (bicyclic) bond motifs is 8. The molecule has 15 aromatic carbocycles. The molecule has 0 radical (unpaired) electrons. The van der Waals surface area contributed by atoms with Gasteiger partial charge in [0.05, 0.1) is 27.9 Å². The fourth-order valence-corrected chi connectivity index (χ4v) is 17.8. The van der Waals surface area contributed by atoms with Crippen LogP contribution in [0.25, 0.3) is 137 Å². The van der Waals surface area contributed by atoms with Crippen molar-refractivity contribution in [1.82, 2.24) is 34.5 Å². The van der Waals surface area contributed by atoms with Crippen molar-refractivity contribution in [3.63, 3.8) is 0 Å². The Morgan fingerprint density at radius 2 is 0.611 bits per heavy atom.